The molecule has 1 saturated heterocycles. The number of ether oxygens (including phenoxy) is 1. The molecule has 0 spiro atoms. The summed E-state index contributed by atoms with van der Waals surface area (Å²) in [6, 6.07) is 9.80. The lowest BCUT2D eigenvalue weighted by Gasteiger charge is -2.26. The van der Waals surface area contributed by atoms with Crippen LogP contribution in [0.2, 0.25) is 0 Å². The Kier molecular flexibility index (Phi) is 5.76. The zero-order chi connectivity index (χ0) is 19.4. The molecule has 1 heterocycles. The van der Waals surface area contributed by atoms with Gasteiger partial charge in [-0.1, -0.05) is 18.6 Å². The van der Waals surface area contributed by atoms with E-state index in [9.17, 15) is 17.6 Å². The van der Waals surface area contributed by atoms with Crippen molar-refractivity contribution in [2.75, 3.05) is 25.5 Å². The number of hydrogen-bond donors (Lipinski definition) is 1. The third-order valence-electron chi connectivity index (χ3n) is 4.47. The van der Waals surface area contributed by atoms with Crippen molar-refractivity contribution in [3.63, 3.8) is 0 Å². The van der Waals surface area contributed by atoms with Crippen LogP contribution in [0.3, 0.4) is 0 Å². The number of hydrogen-bond acceptors (Lipinski definition) is 4. The summed E-state index contributed by atoms with van der Waals surface area (Å²) < 4.78 is 46.1. The number of nitrogens with one attached hydrogen (secondary N) is 1. The molecule has 0 aromatic heterocycles. The first-order valence-electron chi connectivity index (χ1n) is 8.67. The van der Waals surface area contributed by atoms with E-state index in [2.05, 4.69) is 5.32 Å². The maximum atomic E-state index is 13.6. The van der Waals surface area contributed by atoms with Crippen molar-refractivity contribution in [1.29, 1.82) is 0 Å². The molecule has 144 valence electrons. The highest BCUT2D eigenvalue weighted by molar-refractivity contribution is 7.89. The van der Waals surface area contributed by atoms with Crippen molar-refractivity contribution >= 4 is 21.6 Å². The van der Waals surface area contributed by atoms with E-state index < -0.39 is 21.7 Å². The SMILES string of the molecule is COc1ccc(F)cc1C(=O)Nc1ccccc1S(=O)(=O)N1CCCCC1. The third-order valence-corrected chi connectivity index (χ3v) is 6.43. The van der Waals surface area contributed by atoms with E-state index in [-0.39, 0.29) is 21.9 Å². The lowest BCUT2D eigenvalue weighted by molar-refractivity contribution is 0.102. The molecule has 1 amide bonds. The van der Waals surface area contributed by atoms with Gasteiger partial charge < -0.3 is 10.1 Å². The van der Waals surface area contributed by atoms with E-state index in [1.807, 2.05) is 0 Å². The largest absolute Gasteiger partial charge is 0.496 e. The number of amides is 1. The summed E-state index contributed by atoms with van der Waals surface area (Å²) in [6.45, 7) is 0.921. The van der Waals surface area contributed by atoms with Gasteiger partial charge in [0.05, 0.1) is 18.4 Å². The number of carbonyl (C=O) groups excluding carboxylic acids is 1. The van der Waals surface area contributed by atoms with E-state index in [0.29, 0.717) is 13.1 Å². The van der Waals surface area contributed by atoms with E-state index in [4.69, 9.17) is 4.74 Å². The molecular formula is C19H21FN2O4S. The molecule has 0 bridgehead atoms. The Bertz CT molecular complexity index is 940. The first-order valence-corrected chi connectivity index (χ1v) is 10.1. The second-order valence-corrected chi connectivity index (χ2v) is 8.17. The maximum absolute atomic E-state index is 13.6. The van der Waals surface area contributed by atoms with Crippen molar-refractivity contribution in [1.82, 2.24) is 4.31 Å². The topological polar surface area (TPSA) is 75.7 Å². The van der Waals surface area contributed by atoms with Crippen molar-refractivity contribution in [3.8, 4) is 5.75 Å². The number of piperidine rings is 1. The zero-order valence-electron chi connectivity index (χ0n) is 14.9. The van der Waals surface area contributed by atoms with Crippen molar-refractivity contribution in [2.45, 2.75) is 24.2 Å². The summed E-state index contributed by atoms with van der Waals surface area (Å²) in [5.41, 5.74) is 0.141. The standard InChI is InChI=1S/C19H21FN2O4S/c1-26-17-10-9-14(20)13-15(17)19(23)21-16-7-3-4-8-18(16)27(24,25)22-11-5-2-6-12-22/h3-4,7-10,13H,2,5-6,11-12H2,1H3,(H,21,23). The Hall–Kier alpha value is -2.45. The highest BCUT2D eigenvalue weighted by atomic mass is 32.2. The predicted molar refractivity (Wildman–Crippen MR) is 100.0 cm³/mol. The summed E-state index contributed by atoms with van der Waals surface area (Å²) in [4.78, 5) is 12.7. The lowest BCUT2D eigenvalue weighted by atomic mass is 10.1. The fourth-order valence-corrected chi connectivity index (χ4v) is 4.75. The van der Waals surface area contributed by atoms with Gasteiger partial charge in [0.15, 0.2) is 0 Å². The fraction of sp³-hybridized carbons (Fsp3) is 0.316. The summed E-state index contributed by atoms with van der Waals surface area (Å²) in [7, 11) is -2.36. The van der Waals surface area contributed by atoms with Gasteiger partial charge in [-0.05, 0) is 43.2 Å². The Morgan fingerprint density at radius 3 is 2.52 bits per heavy atom. The number of para-hydroxylation sites is 1. The zero-order valence-corrected chi connectivity index (χ0v) is 15.8. The fourth-order valence-electron chi connectivity index (χ4n) is 3.09. The minimum atomic E-state index is -3.73. The van der Waals surface area contributed by atoms with Gasteiger partial charge in [0.2, 0.25) is 10.0 Å². The molecule has 1 fully saturated rings. The molecule has 1 aliphatic heterocycles. The highest BCUT2D eigenvalue weighted by Crippen LogP contribution is 2.28. The molecule has 1 N–H and O–H groups in total. The molecule has 8 heteroatoms. The van der Waals surface area contributed by atoms with E-state index in [1.165, 1.54) is 35.7 Å². The van der Waals surface area contributed by atoms with Gasteiger partial charge in [-0.25, -0.2) is 12.8 Å². The molecule has 2 aromatic rings. The molecule has 2 aromatic carbocycles. The van der Waals surface area contributed by atoms with E-state index in [0.717, 1.165) is 25.3 Å². The number of methoxy groups -OCH3 is 1. The van der Waals surface area contributed by atoms with Crippen molar-refractivity contribution < 1.29 is 22.3 Å². The van der Waals surface area contributed by atoms with Crippen molar-refractivity contribution in [3.05, 3.63) is 53.8 Å². The minimum absolute atomic E-state index is 0.0114. The van der Waals surface area contributed by atoms with Crippen LogP contribution in [0.5, 0.6) is 5.75 Å². The van der Waals surface area contributed by atoms with Gasteiger partial charge in [-0.3, -0.25) is 4.79 Å². The quantitative estimate of drug-likeness (QED) is 0.847. The lowest BCUT2D eigenvalue weighted by Crippen LogP contribution is -2.36. The molecule has 0 radical (unpaired) electrons. The molecule has 0 aliphatic carbocycles. The minimum Gasteiger partial charge on any atom is -0.496 e. The van der Waals surface area contributed by atoms with E-state index in [1.54, 1.807) is 12.1 Å². The molecule has 0 unspecified atom stereocenters. The summed E-state index contributed by atoms with van der Waals surface area (Å²) >= 11 is 0. The second-order valence-electron chi connectivity index (χ2n) is 6.26. The number of nitrogens with zero attached hydrogens (tertiary/aromatic N) is 1. The Morgan fingerprint density at radius 2 is 1.81 bits per heavy atom. The number of sulfonamides is 1. The maximum Gasteiger partial charge on any atom is 0.259 e. The van der Waals surface area contributed by atoms with Crippen LogP contribution < -0.4 is 10.1 Å². The molecule has 1 aliphatic rings. The number of rotatable bonds is 5. The van der Waals surface area contributed by atoms with Crippen LogP contribution >= 0.6 is 0 Å². The van der Waals surface area contributed by atoms with Crippen LogP contribution in [0.15, 0.2) is 47.4 Å². The molecule has 0 saturated carbocycles. The first kappa shape index (κ1) is 19.3. The number of halogens is 1. The third kappa shape index (κ3) is 4.12. The van der Waals surface area contributed by atoms with Gasteiger partial charge in [-0.2, -0.15) is 4.31 Å². The van der Waals surface area contributed by atoms with E-state index >= 15 is 0 Å². The number of carbonyl (C=O) groups is 1. The van der Waals surface area contributed by atoms with Crippen LogP contribution in [0, 0.1) is 5.82 Å². The normalized spacial score (nSPS) is 15.3. The number of benzene rings is 2. The van der Waals surface area contributed by atoms with Crippen LogP contribution in [0.1, 0.15) is 29.6 Å². The van der Waals surface area contributed by atoms with Gasteiger partial charge in [0, 0.05) is 13.1 Å². The molecule has 6 nitrogen and oxygen atoms in total. The summed E-state index contributed by atoms with van der Waals surface area (Å²) in [5, 5.41) is 2.58. The van der Waals surface area contributed by atoms with Crippen LogP contribution in [0.25, 0.3) is 0 Å². The Labute approximate surface area is 158 Å². The predicted octanol–water partition coefficient (Wildman–Crippen LogP) is 3.26. The van der Waals surface area contributed by atoms with Crippen LogP contribution in [-0.2, 0) is 10.0 Å². The van der Waals surface area contributed by atoms with Gasteiger partial charge in [0.25, 0.3) is 5.91 Å². The molecule has 27 heavy (non-hydrogen) atoms. The first-order chi connectivity index (χ1) is 12.9. The van der Waals surface area contributed by atoms with Gasteiger partial charge >= 0.3 is 0 Å². The second kappa shape index (κ2) is 8.06. The smallest absolute Gasteiger partial charge is 0.259 e. The highest BCUT2D eigenvalue weighted by Gasteiger charge is 2.28. The van der Waals surface area contributed by atoms with Crippen molar-refractivity contribution in [2.24, 2.45) is 0 Å². The average molecular weight is 392 g/mol. The van der Waals surface area contributed by atoms with Crippen LogP contribution in [-0.4, -0.2) is 38.8 Å². The Morgan fingerprint density at radius 1 is 1.11 bits per heavy atom. The Balaban J connectivity index is 1.93. The molecule has 3 rings (SSSR count). The summed E-state index contributed by atoms with van der Waals surface area (Å²) in [6.07, 6.45) is 2.63. The summed E-state index contributed by atoms with van der Waals surface area (Å²) in [5.74, 6) is -1.03. The monoisotopic (exact) mass is 392 g/mol. The van der Waals surface area contributed by atoms with Gasteiger partial charge in [-0.15, -0.1) is 0 Å². The van der Waals surface area contributed by atoms with Crippen LogP contribution in [0.4, 0.5) is 10.1 Å². The average Bonchev–Trinajstić information content (AvgIpc) is 2.69. The molecule has 0 atom stereocenters. The number of anilines is 1. The molecular weight excluding hydrogens is 371 g/mol. The van der Waals surface area contributed by atoms with Gasteiger partial charge in [0.1, 0.15) is 16.5 Å².